The Morgan fingerprint density at radius 1 is 0.880 bits per heavy atom. The molecule has 0 radical (unpaired) electrons. The standard InChI is InChI=1S/C18H23N3O4/c22-16(20-8-1-2-9-20)14-4-3-5-15(19-14)17(23)21-10-6-18(7-11-21)24-12-13-25-18/h3-5H,1-2,6-13H2. The summed E-state index contributed by atoms with van der Waals surface area (Å²) in [5.74, 6) is -0.723. The predicted octanol–water partition coefficient (Wildman–Crippen LogP) is 1.30. The van der Waals surface area contributed by atoms with Gasteiger partial charge >= 0.3 is 0 Å². The van der Waals surface area contributed by atoms with E-state index in [9.17, 15) is 9.59 Å². The van der Waals surface area contributed by atoms with Gasteiger partial charge in [0.25, 0.3) is 11.8 Å². The van der Waals surface area contributed by atoms with Crippen molar-refractivity contribution in [2.45, 2.75) is 31.5 Å². The van der Waals surface area contributed by atoms with Gasteiger partial charge in [0.05, 0.1) is 13.2 Å². The topological polar surface area (TPSA) is 72.0 Å². The van der Waals surface area contributed by atoms with Crippen LogP contribution in [-0.4, -0.2) is 71.8 Å². The minimum atomic E-state index is -0.502. The molecule has 2 amide bonds. The number of aromatic nitrogens is 1. The number of carbonyl (C=O) groups excluding carboxylic acids is 2. The molecule has 3 aliphatic heterocycles. The molecule has 0 aliphatic carbocycles. The quantitative estimate of drug-likeness (QED) is 0.808. The normalized spacial score (nSPS) is 22.6. The van der Waals surface area contributed by atoms with Crippen LogP contribution in [0.25, 0.3) is 0 Å². The van der Waals surface area contributed by atoms with Crippen LogP contribution in [0.4, 0.5) is 0 Å². The fourth-order valence-electron chi connectivity index (χ4n) is 3.75. The van der Waals surface area contributed by atoms with E-state index in [0.717, 1.165) is 25.9 Å². The van der Waals surface area contributed by atoms with Gasteiger partial charge in [0.15, 0.2) is 5.79 Å². The number of carbonyl (C=O) groups is 2. The Balaban J connectivity index is 1.43. The first-order valence-corrected chi connectivity index (χ1v) is 9.00. The molecule has 1 aromatic heterocycles. The van der Waals surface area contributed by atoms with Crippen molar-refractivity contribution in [2.75, 3.05) is 39.4 Å². The number of piperidine rings is 1. The molecule has 4 heterocycles. The Labute approximate surface area is 146 Å². The minimum absolute atomic E-state index is 0.0856. The van der Waals surface area contributed by atoms with Gasteiger partial charge in [-0.1, -0.05) is 6.07 Å². The van der Waals surface area contributed by atoms with Crippen molar-refractivity contribution in [1.29, 1.82) is 0 Å². The van der Waals surface area contributed by atoms with Gasteiger partial charge in [-0.3, -0.25) is 9.59 Å². The Kier molecular flexibility index (Phi) is 4.43. The Morgan fingerprint density at radius 3 is 1.96 bits per heavy atom. The van der Waals surface area contributed by atoms with E-state index in [2.05, 4.69) is 4.98 Å². The number of pyridine rings is 1. The number of rotatable bonds is 2. The highest BCUT2D eigenvalue weighted by Crippen LogP contribution is 2.31. The molecule has 0 unspecified atom stereocenters. The van der Waals surface area contributed by atoms with Gasteiger partial charge < -0.3 is 19.3 Å². The number of nitrogens with zero attached hydrogens (tertiary/aromatic N) is 3. The van der Waals surface area contributed by atoms with Crippen LogP contribution in [0.3, 0.4) is 0 Å². The highest BCUT2D eigenvalue weighted by atomic mass is 16.7. The molecule has 0 N–H and O–H groups in total. The van der Waals surface area contributed by atoms with Crippen molar-refractivity contribution >= 4 is 11.8 Å². The highest BCUT2D eigenvalue weighted by Gasteiger charge is 2.41. The van der Waals surface area contributed by atoms with E-state index in [1.165, 1.54) is 0 Å². The van der Waals surface area contributed by atoms with Crippen molar-refractivity contribution in [3.05, 3.63) is 29.6 Å². The molecule has 0 atom stereocenters. The van der Waals surface area contributed by atoms with E-state index in [1.807, 2.05) is 0 Å². The van der Waals surface area contributed by atoms with Gasteiger partial charge in [0.2, 0.25) is 0 Å². The maximum atomic E-state index is 12.8. The van der Waals surface area contributed by atoms with Crippen molar-refractivity contribution in [2.24, 2.45) is 0 Å². The Hall–Kier alpha value is -1.99. The Bertz CT molecular complexity index is 656. The third-order valence-electron chi connectivity index (χ3n) is 5.21. The van der Waals surface area contributed by atoms with Crippen LogP contribution < -0.4 is 0 Å². The second kappa shape index (κ2) is 6.72. The highest BCUT2D eigenvalue weighted by molar-refractivity contribution is 5.96. The lowest BCUT2D eigenvalue weighted by molar-refractivity contribution is -0.181. The number of ether oxygens (including phenoxy) is 2. The molecule has 0 aromatic carbocycles. The van der Waals surface area contributed by atoms with Gasteiger partial charge in [-0.25, -0.2) is 4.98 Å². The summed E-state index contributed by atoms with van der Waals surface area (Å²) in [6.45, 7) is 3.93. The lowest BCUT2D eigenvalue weighted by Gasteiger charge is -2.37. The molecule has 4 rings (SSSR count). The molecule has 7 nitrogen and oxygen atoms in total. The SMILES string of the molecule is O=C(c1cccc(C(=O)N2CCC3(CC2)OCCO3)n1)N1CCCC1. The number of amides is 2. The second-order valence-corrected chi connectivity index (χ2v) is 6.81. The molecule has 3 fully saturated rings. The van der Waals surface area contributed by atoms with E-state index in [-0.39, 0.29) is 11.8 Å². The third kappa shape index (κ3) is 3.26. The third-order valence-corrected chi connectivity index (χ3v) is 5.21. The van der Waals surface area contributed by atoms with Gasteiger partial charge in [0, 0.05) is 39.0 Å². The molecular formula is C18H23N3O4. The fraction of sp³-hybridized carbons (Fsp3) is 0.611. The molecule has 7 heteroatoms. The van der Waals surface area contributed by atoms with E-state index in [1.54, 1.807) is 28.0 Å². The molecule has 134 valence electrons. The molecule has 0 saturated carbocycles. The first-order chi connectivity index (χ1) is 12.2. The summed E-state index contributed by atoms with van der Waals surface area (Å²) in [4.78, 5) is 33.1. The molecular weight excluding hydrogens is 322 g/mol. The zero-order valence-electron chi connectivity index (χ0n) is 14.3. The number of hydrogen-bond acceptors (Lipinski definition) is 5. The van der Waals surface area contributed by atoms with Crippen LogP contribution in [0.5, 0.6) is 0 Å². The summed E-state index contributed by atoms with van der Waals surface area (Å²) in [6, 6.07) is 5.09. The summed E-state index contributed by atoms with van der Waals surface area (Å²) in [5.41, 5.74) is 0.679. The maximum Gasteiger partial charge on any atom is 0.272 e. The molecule has 0 bridgehead atoms. The van der Waals surface area contributed by atoms with Crippen LogP contribution >= 0.6 is 0 Å². The molecule has 3 aliphatic rings. The van der Waals surface area contributed by atoms with Gasteiger partial charge in [-0.05, 0) is 25.0 Å². The van der Waals surface area contributed by atoms with Gasteiger partial charge in [0.1, 0.15) is 11.4 Å². The summed E-state index contributed by atoms with van der Waals surface area (Å²) in [7, 11) is 0. The fourth-order valence-corrected chi connectivity index (χ4v) is 3.75. The lowest BCUT2D eigenvalue weighted by Crippen LogP contribution is -2.47. The van der Waals surface area contributed by atoms with E-state index >= 15 is 0 Å². The maximum absolute atomic E-state index is 12.8. The van der Waals surface area contributed by atoms with E-state index in [4.69, 9.17) is 9.47 Å². The van der Waals surface area contributed by atoms with Crippen LogP contribution in [0.2, 0.25) is 0 Å². The van der Waals surface area contributed by atoms with E-state index < -0.39 is 5.79 Å². The van der Waals surface area contributed by atoms with Crippen LogP contribution in [0, 0.1) is 0 Å². The van der Waals surface area contributed by atoms with Crippen molar-refractivity contribution in [3.63, 3.8) is 0 Å². The molecule has 1 spiro atoms. The van der Waals surface area contributed by atoms with Crippen LogP contribution in [-0.2, 0) is 9.47 Å². The Morgan fingerprint density at radius 2 is 1.40 bits per heavy atom. The molecule has 3 saturated heterocycles. The predicted molar refractivity (Wildman–Crippen MR) is 89.1 cm³/mol. The zero-order valence-corrected chi connectivity index (χ0v) is 14.3. The van der Waals surface area contributed by atoms with Gasteiger partial charge in [-0.2, -0.15) is 0 Å². The minimum Gasteiger partial charge on any atom is -0.347 e. The second-order valence-electron chi connectivity index (χ2n) is 6.81. The lowest BCUT2D eigenvalue weighted by atomic mass is 10.0. The summed E-state index contributed by atoms with van der Waals surface area (Å²) in [5, 5.41) is 0. The average molecular weight is 345 g/mol. The van der Waals surface area contributed by atoms with E-state index in [0.29, 0.717) is 50.5 Å². The first kappa shape index (κ1) is 16.5. The number of likely N-dealkylation sites (tertiary alicyclic amines) is 2. The van der Waals surface area contributed by atoms with Crippen LogP contribution in [0.15, 0.2) is 18.2 Å². The number of hydrogen-bond donors (Lipinski definition) is 0. The average Bonchev–Trinajstić information content (AvgIpc) is 3.34. The van der Waals surface area contributed by atoms with Crippen molar-refractivity contribution in [1.82, 2.24) is 14.8 Å². The van der Waals surface area contributed by atoms with Crippen molar-refractivity contribution in [3.8, 4) is 0 Å². The summed E-state index contributed by atoms with van der Waals surface area (Å²) in [6.07, 6.45) is 3.41. The molecule has 1 aromatic rings. The first-order valence-electron chi connectivity index (χ1n) is 9.00. The monoisotopic (exact) mass is 345 g/mol. The summed E-state index contributed by atoms with van der Waals surface area (Å²) >= 11 is 0. The largest absolute Gasteiger partial charge is 0.347 e. The summed E-state index contributed by atoms with van der Waals surface area (Å²) < 4.78 is 11.4. The smallest absolute Gasteiger partial charge is 0.272 e. The van der Waals surface area contributed by atoms with Gasteiger partial charge in [-0.15, -0.1) is 0 Å². The van der Waals surface area contributed by atoms with Crippen LogP contribution in [0.1, 0.15) is 46.7 Å². The van der Waals surface area contributed by atoms with Crippen molar-refractivity contribution < 1.29 is 19.1 Å². The molecule has 25 heavy (non-hydrogen) atoms. The zero-order chi connectivity index (χ0) is 17.3.